The van der Waals surface area contributed by atoms with Gasteiger partial charge in [-0.3, -0.25) is 9.78 Å². The highest BCUT2D eigenvalue weighted by atomic mass is 32.1. The molecule has 0 fully saturated rings. The predicted molar refractivity (Wildman–Crippen MR) is 99.0 cm³/mol. The molecule has 3 aromatic rings. The average Bonchev–Trinajstić information content (AvgIpc) is 3.04. The van der Waals surface area contributed by atoms with Gasteiger partial charge >= 0.3 is 0 Å². The van der Waals surface area contributed by atoms with Crippen molar-refractivity contribution in [2.75, 3.05) is 7.11 Å². The van der Waals surface area contributed by atoms with Gasteiger partial charge in [-0.2, -0.15) is 0 Å². The zero-order valence-corrected chi connectivity index (χ0v) is 15.1. The molecule has 1 atom stereocenters. The lowest BCUT2D eigenvalue weighted by molar-refractivity contribution is 0.0943. The number of benzene rings is 1. The van der Waals surface area contributed by atoms with E-state index in [1.54, 1.807) is 13.3 Å². The molecule has 3 rings (SSSR count). The summed E-state index contributed by atoms with van der Waals surface area (Å²) in [4.78, 5) is 22.1. The molecule has 25 heavy (non-hydrogen) atoms. The van der Waals surface area contributed by atoms with Crippen molar-refractivity contribution in [2.24, 2.45) is 0 Å². The maximum Gasteiger partial charge on any atom is 0.263 e. The minimum Gasteiger partial charge on any atom is -0.496 e. The van der Waals surface area contributed by atoms with Crippen LogP contribution in [-0.2, 0) is 0 Å². The van der Waals surface area contributed by atoms with Crippen molar-refractivity contribution in [1.29, 1.82) is 0 Å². The van der Waals surface area contributed by atoms with Crippen molar-refractivity contribution in [3.05, 3.63) is 64.8 Å². The third-order valence-corrected chi connectivity index (χ3v) is 5.02. The van der Waals surface area contributed by atoms with Crippen LogP contribution in [-0.4, -0.2) is 23.0 Å². The van der Waals surface area contributed by atoms with Gasteiger partial charge in [-0.05, 0) is 32.0 Å². The number of hydrogen-bond donors (Lipinski definition) is 1. The molecular weight excluding hydrogens is 334 g/mol. The first-order valence-electron chi connectivity index (χ1n) is 7.92. The van der Waals surface area contributed by atoms with Crippen LogP contribution in [0.3, 0.4) is 0 Å². The van der Waals surface area contributed by atoms with Crippen LogP contribution in [0, 0.1) is 6.92 Å². The Kier molecular flexibility index (Phi) is 5.09. The highest BCUT2D eigenvalue weighted by Crippen LogP contribution is 2.28. The summed E-state index contributed by atoms with van der Waals surface area (Å²) in [5.74, 6) is 0.612. The first kappa shape index (κ1) is 17.1. The van der Waals surface area contributed by atoms with Crippen LogP contribution < -0.4 is 10.1 Å². The van der Waals surface area contributed by atoms with Crippen molar-refractivity contribution in [1.82, 2.24) is 15.3 Å². The van der Waals surface area contributed by atoms with Gasteiger partial charge in [0.1, 0.15) is 15.6 Å². The second-order valence-electron chi connectivity index (χ2n) is 5.59. The van der Waals surface area contributed by atoms with E-state index in [1.807, 2.05) is 56.3 Å². The molecule has 0 radical (unpaired) electrons. The Labute approximate surface area is 150 Å². The van der Waals surface area contributed by atoms with E-state index >= 15 is 0 Å². The lowest BCUT2D eigenvalue weighted by atomic mass is 10.1. The number of thiazole rings is 1. The molecule has 1 amide bonds. The zero-order valence-electron chi connectivity index (χ0n) is 14.3. The molecule has 0 spiro atoms. The smallest absolute Gasteiger partial charge is 0.263 e. The lowest BCUT2D eigenvalue weighted by Gasteiger charge is -2.16. The molecule has 1 unspecified atom stereocenters. The third kappa shape index (κ3) is 3.69. The molecule has 0 bridgehead atoms. The number of carbonyl (C=O) groups excluding carboxylic acids is 1. The fourth-order valence-corrected chi connectivity index (χ4v) is 3.52. The fourth-order valence-electron chi connectivity index (χ4n) is 2.57. The maximum absolute atomic E-state index is 12.7. The number of ether oxygens (including phenoxy) is 1. The molecule has 0 aliphatic heterocycles. The number of methoxy groups -OCH3 is 1. The standard InChI is InChI=1S/C19H19N3O2S/c1-12(14-8-4-5-10-16(14)24-3)21-18(23)17-13(2)22-19(25-17)15-9-6-7-11-20-15/h4-12H,1-3H3,(H,21,23). The van der Waals surface area contributed by atoms with E-state index in [2.05, 4.69) is 15.3 Å². The van der Waals surface area contributed by atoms with Crippen LogP contribution in [0.4, 0.5) is 0 Å². The van der Waals surface area contributed by atoms with Gasteiger partial charge in [-0.15, -0.1) is 11.3 Å². The van der Waals surface area contributed by atoms with Gasteiger partial charge in [0.15, 0.2) is 0 Å². The first-order chi connectivity index (χ1) is 12.1. The van der Waals surface area contributed by atoms with Crippen LogP contribution in [0.5, 0.6) is 5.75 Å². The molecule has 128 valence electrons. The molecule has 0 aliphatic rings. The molecule has 2 aromatic heterocycles. The van der Waals surface area contributed by atoms with E-state index < -0.39 is 0 Å². The Morgan fingerprint density at radius 1 is 1.20 bits per heavy atom. The molecule has 1 aromatic carbocycles. The Morgan fingerprint density at radius 2 is 1.96 bits per heavy atom. The minimum atomic E-state index is -0.177. The number of nitrogens with zero attached hydrogens (tertiary/aromatic N) is 2. The maximum atomic E-state index is 12.7. The number of pyridine rings is 1. The Bertz CT molecular complexity index is 877. The van der Waals surface area contributed by atoms with Crippen LogP contribution >= 0.6 is 11.3 Å². The Balaban J connectivity index is 1.81. The fraction of sp³-hybridized carbons (Fsp3) is 0.211. The summed E-state index contributed by atoms with van der Waals surface area (Å²) in [5.41, 5.74) is 2.41. The summed E-state index contributed by atoms with van der Waals surface area (Å²) in [6.07, 6.45) is 1.72. The number of aryl methyl sites for hydroxylation is 1. The van der Waals surface area contributed by atoms with Crippen LogP contribution in [0.1, 0.15) is 33.9 Å². The Morgan fingerprint density at radius 3 is 2.68 bits per heavy atom. The van der Waals surface area contributed by atoms with Gasteiger partial charge in [-0.1, -0.05) is 24.3 Å². The van der Waals surface area contributed by atoms with Crippen molar-refractivity contribution in [3.8, 4) is 16.5 Å². The van der Waals surface area contributed by atoms with Gasteiger partial charge in [0.05, 0.1) is 24.5 Å². The van der Waals surface area contributed by atoms with Crippen molar-refractivity contribution in [2.45, 2.75) is 19.9 Å². The van der Waals surface area contributed by atoms with E-state index in [1.165, 1.54) is 11.3 Å². The number of para-hydroxylation sites is 1. The SMILES string of the molecule is COc1ccccc1C(C)NC(=O)c1sc(-c2ccccn2)nc1C. The number of hydrogen-bond acceptors (Lipinski definition) is 5. The number of aromatic nitrogens is 2. The zero-order chi connectivity index (χ0) is 17.8. The van der Waals surface area contributed by atoms with Crippen molar-refractivity contribution < 1.29 is 9.53 Å². The summed E-state index contributed by atoms with van der Waals surface area (Å²) >= 11 is 1.35. The monoisotopic (exact) mass is 353 g/mol. The average molecular weight is 353 g/mol. The first-order valence-corrected chi connectivity index (χ1v) is 8.74. The van der Waals surface area contributed by atoms with Gasteiger partial charge < -0.3 is 10.1 Å². The van der Waals surface area contributed by atoms with Crippen LogP contribution in [0.25, 0.3) is 10.7 Å². The van der Waals surface area contributed by atoms with Crippen LogP contribution in [0.2, 0.25) is 0 Å². The summed E-state index contributed by atoms with van der Waals surface area (Å²) in [6, 6.07) is 13.1. The summed E-state index contributed by atoms with van der Waals surface area (Å²) in [7, 11) is 1.62. The quantitative estimate of drug-likeness (QED) is 0.753. The summed E-state index contributed by atoms with van der Waals surface area (Å²) in [6.45, 7) is 3.78. The third-order valence-electron chi connectivity index (χ3n) is 3.84. The molecule has 5 nitrogen and oxygen atoms in total. The van der Waals surface area contributed by atoms with E-state index in [-0.39, 0.29) is 11.9 Å². The highest BCUT2D eigenvalue weighted by molar-refractivity contribution is 7.17. The van der Waals surface area contributed by atoms with E-state index in [0.717, 1.165) is 22.0 Å². The van der Waals surface area contributed by atoms with Gasteiger partial charge in [0.25, 0.3) is 5.91 Å². The normalized spacial score (nSPS) is 11.8. The summed E-state index contributed by atoms with van der Waals surface area (Å²) in [5, 5.41) is 3.77. The molecule has 2 heterocycles. The van der Waals surface area contributed by atoms with Gasteiger partial charge in [-0.25, -0.2) is 4.98 Å². The van der Waals surface area contributed by atoms with Crippen molar-refractivity contribution >= 4 is 17.2 Å². The van der Waals surface area contributed by atoms with E-state index in [4.69, 9.17) is 4.74 Å². The minimum absolute atomic E-state index is 0.143. The molecule has 1 N–H and O–H groups in total. The molecule has 0 saturated carbocycles. The van der Waals surface area contributed by atoms with Crippen LogP contribution in [0.15, 0.2) is 48.7 Å². The number of amides is 1. The predicted octanol–water partition coefficient (Wildman–Crippen LogP) is 4.01. The number of rotatable bonds is 5. The number of carbonyl (C=O) groups is 1. The second-order valence-corrected chi connectivity index (χ2v) is 6.58. The molecule has 0 saturated heterocycles. The Hall–Kier alpha value is -2.73. The van der Waals surface area contributed by atoms with E-state index in [0.29, 0.717) is 10.6 Å². The summed E-state index contributed by atoms with van der Waals surface area (Å²) < 4.78 is 5.37. The van der Waals surface area contributed by atoms with Gasteiger partial charge in [0, 0.05) is 11.8 Å². The molecule has 0 aliphatic carbocycles. The van der Waals surface area contributed by atoms with E-state index in [9.17, 15) is 4.79 Å². The second kappa shape index (κ2) is 7.44. The largest absolute Gasteiger partial charge is 0.496 e. The lowest BCUT2D eigenvalue weighted by Crippen LogP contribution is -2.26. The molecular formula is C19H19N3O2S. The van der Waals surface area contributed by atoms with Crippen molar-refractivity contribution in [3.63, 3.8) is 0 Å². The molecule has 6 heteroatoms. The number of nitrogens with one attached hydrogen (secondary N) is 1. The van der Waals surface area contributed by atoms with Gasteiger partial charge in [0.2, 0.25) is 0 Å². The topological polar surface area (TPSA) is 64.1 Å². The highest BCUT2D eigenvalue weighted by Gasteiger charge is 2.20.